The Morgan fingerprint density at radius 1 is 1.26 bits per heavy atom. The molecule has 3 N–H and O–H groups in total. The summed E-state index contributed by atoms with van der Waals surface area (Å²) in [4.78, 5) is 21.7. The molecule has 0 unspecified atom stereocenters. The summed E-state index contributed by atoms with van der Waals surface area (Å²) < 4.78 is 11.4. The number of nitrogens with one attached hydrogen (secondary N) is 1. The summed E-state index contributed by atoms with van der Waals surface area (Å²) in [5, 5.41) is 2.48. The van der Waals surface area contributed by atoms with E-state index in [0.717, 1.165) is 36.3 Å². The van der Waals surface area contributed by atoms with Crippen LogP contribution < -0.4 is 20.5 Å². The summed E-state index contributed by atoms with van der Waals surface area (Å²) in [5.41, 5.74) is 5.98. The highest BCUT2D eigenvalue weighted by molar-refractivity contribution is 6.34. The lowest BCUT2D eigenvalue weighted by atomic mass is 10.1. The molecule has 23 heavy (non-hydrogen) atoms. The van der Waals surface area contributed by atoms with Gasteiger partial charge in [-0.05, 0) is 56.2 Å². The van der Waals surface area contributed by atoms with E-state index in [-0.39, 0.29) is 6.10 Å². The zero-order valence-electron chi connectivity index (χ0n) is 13.5. The topological polar surface area (TPSA) is 90.6 Å². The minimum Gasteiger partial charge on any atom is -0.493 e. The van der Waals surface area contributed by atoms with Gasteiger partial charge in [-0.2, -0.15) is 0 Å². The second-order valence-corrected chi connectivity index (χ2v) is 5.73. The predicted octanol–water partition coefficient (Wildman–Crippen LogP) is 1.55. The number of primary amides is 1. The van der Waals surface area contributed by atoms with E-state index >= 15 is 0 Å². The number of carbonyl (C=O) groups excluding carboxylic acids is 2. The molecule has 0 atom stereocenters. The Morgan fingerprint density at radius 2 is 2.00 bits per heavy atom. The van der Waals surface area contributed by atoms with Gasteiger partial charge in [0.1, 0.15) is 0 Å². The first-order chi connectivity index (χ1) is 11.1. The van der Waals surface area contributed by atoms with Crippen molar-refractivity contribution in [3.8, 4) is 11.5 Å². The second kappa shape index (κ2) is 8.41. The Bertz CT molecular complexity index is 554. The normalized spacial score (nSPS) is 14.5. The maximum Gasteiger partial charge on any atom is 0.309 e. The fourth-order valence-corrected chi connectivity index (χ4v) is 2.74. The number of amides is 2. The number of ether oxygens (including phenoxy) is 2. The van der Waals surface area contributed by atoms with Crippen LogP contribution in [0.2, 0.25) is 0 Å². The molecule has 1 fully saturated rings. The van der Waals surface area contributed by atoms with Crippen LogP contribution in [0, 0.1) is 0 Å². The van der Waals surface area contributed by atoms with E-state index in [1.165, 1.54) is 12.8 Å². The van der Waals surface area contributed by atoms with Crippen molar-refractivity contribution in [2.45, 2.75) is 44.6 Å². The summed E-state index contributed by atoms with van der Waals surface area (Å²) in [6, 6.07) is 5.88. The molecule has 0 aliphatic heterocycles. The molecule has 0 aromatic heterocycles. The van der Waals surface area contributed by atoms with Gasteiger partial charge in [-0.3, -0.25) is 9.59 Å². The molecule has 1 saturated carbocycles. The minimum atomic E-state index is -0.957. The van der Waals surface area contributed by atoms with Crippen LogP contribution in [0.3, 0.4) is 0 Å². The largest absolute Gasteiger partial charge is 0.493 e. The molecule has 0 heterocycles. The summed E-state index contributed by atoms with van der Waals surface area (Å²) in [5.74, 6) is -0.188. The molecular weight excluding hydrogens is 296 g/mol. The van der Waals surface area contributed by atoms with Gasteiger partial charge in [0, 0.05) is 6.54 Å². The molecule has 1 aliphatic carbocycles. The standard InChI is InChI=1S/C17H24N2O4/c1-22-14-9-8-12(5-4-10-19-17(21)16(18)20)11-15(14)23-13-6-2-3-7-13/h8-9,11,13H,2-7,10H2,1H3,(H2,18,20)(H,19,21). The van der Waals surface area contributed by atoms with Gasteiger partial charge < -0.3 is 20.5 Å². The molecule has 0 radical (unpaired) electrons. The van der Waals surface area contributed by atoms with Crippen LogP contribution in [-0.4, -0.2) is 31.6 Å². The van der Waals surface area contributed by atoms with Crippen molar-refractivity contribution in [2.75, 3.05) is 13.7 Å². The lowest BCUT2D eigenvalue weighted by Gasteiger charge is -2.17. The van der Waals surface area contributed by atoms with E-state index in [0.29, 0.717) is 13.0 Å². The molecule has 126 valence electrons. The van der Waals surface area contributed by atoms with Crippen molar-refractivity contribution < 1.29 is 19.1 Å². The number of aryl methyl sites for hydroxylation is 1. The molecule has 0 saturated heterocycles. The van der Waals surface area contributed by atoms with Gasteiger partial charge >= 0.3 is 11.8 Å². The lowest BCUT2D eigenvalue weighted by Crippen LogP contribution is -2.36. The summed E-state index contributed by atoms with van der Waals surface area (Å²) in [6.45, 7) is 0.409. The molecule has 1 aromatic rings. The SMILES string of the molecule is COc1ccc(CCCNC(=O)C(N)=O)cc1OC1CCCC1. The number of carbonyl (C=O) groups is 2. The molecule has 1 aliphatic rings. The van der Waals surface area contributed by atoms with E-state index in [1.54, 1.807) is 7.11 Å². The zero-order chi connectivity index (χ0) is 16.7. The molecule has 6 nitrogen and oxygen atoms in total. The summed E-state index contributed by atoms with van der Waals surface area (Å²) >= 11 is 0. The van der Waals surface area contributed by atoms with Crippen molar-refractivity contribution in [1.29, 1.82) is 0 Å². The van der Waals surface area contributed by atoms with Crippen molar-refractivity contribution in [3.05, 3.63) is 23.8 Å². The molecule has 1 aromatic carbocycles. The Kier molecular flexibility index (Phi) is 6.26. The van der Waals surface area contributed by atoms with Gasteiger partial charge in [-0.1, -0.05) is 6.07 Å². The smallest absolute Gasteiger partial charge is 0.309 e. The molecular formula is C17H24N2O4. The summed E-state index contributed by atoms with van der Waals surface area (Å²) in [6.07, 6.45) is 6.37. The number of hydrogen-bond acceptors (Lipinski definition) is 4. The quantitative estimate of drug-likeness (QED) is 0.589. The maximum absolute atomic E-state index is 11.1. The third-order valence-electron chi connectivity index (χ3n) is 3.98. The van der Waals surface area contributed by atoms with Gasteiger partial charge in [0.05, 0.1) is 13.2 Å². The lowest BCUT2D eigenvalue weighted by molar-refractivity contribution is -0.137. The van der Waals surface area contributed by atoms with E-state index in [1.807, 2.05) is 18.2 Å². The number of nitrogens with two attached hydrogens (primary N) is 1. The van der Waals surface area contributed by atoms with E-state index in [9.17, 15) is 9.59 Å². The fourth-order valence-electron chi connectivity index (χ4n) is 2.74. The minimum absolute atomic E-state index is 0.272. The Labute approximate surface area is 136 Å². The van der Waals surface area contributed by atoms with Crippen molar-refractivity contribution >= 4 is 11.8 Å². The first-order valence-electron chi connectivity index (χ1n) is 8.01. The van der Waals surface area contributed by atoms with E-state index in [4.69, 9.17) is 15.2 Å². The average Bonchev–Trinajstić information content (AvgIpc) is 3.04. The first-order valence-corrected chi connectivity index (χ1v) is 8.01. The van der Waals surface area contributed by atoms with Gasteiger partial charge in [0.25, 0.3) is 0 Å². The van der Waals surface area contributed by atoms with Crippen LogP contribution in [0.5, 0.6) is 11.5 Å². The monoisotopic (exact) mass is 320 g/mol. The van der Waals surface area contributed by atoms with Gasteiger partial charge in [-0.25, -0.2) is 0 Å². The Morgan fingerprint density at radius 3 is 2.65 bits per heavy atom. The highest BCUT2D eigenvalue weighted by Gasteiger charge is 2.18. The van der Waals surface area contributed by atoms with Crippen molar-refractivity contribution in [1.82, 2.24) is 5.32 Å². The highest BCUT2D eigenvalue weighted by atomic mass is 16.5. The fraction of sp³-hybridized carbons (Fsp3) is 0.529. The van der Waals surface area contributed by atoms with Crippen LogP contribution in [-0.2, 0) is 16.0 Å². The van der Waals surface area contributed by atoms with Crippen LogP contribution in [0.15, 0.2) is 18.2 Å². The predicted molar refractivity (Wildman–Crippen MR) is 86.4 cm³/mol. The van der Waals surface area contributed by atoms with Crippen LogP contribution in [0.1, 0.15) is 37.7 Å². The third kappa shape index (κ3) is 5.16. The number of benzene rings is 1. The zero-order valence-corrected chi connectivity index (χ0v) is 13.5. The van der Waals surface area contributed by atoms with Gasteiger partial charge in [-0.15, -0.1) is 0 Å². The van der Waals surface area contributed by atoms with Gasteiger partial charge in [0.15, 0.2) is 11.5 Å². The van der Waals surface area contributed by atoms with E-state index < -0.39 is 11.8 Å². The second-order valence-electron chi connectivity index (χ2n) is 5.73. The Hall–Kier alpha value is -2.24. The maximum atomic E-state index is 11.1. The highest BCUT2D eigenvalue weighted by Crippen LogP contribution is 2.32. The van der Waals surface area contributed by atoms with Crippen molar-refractivity contribution in [2.24, 2.45) is 5.73 Å². The third-order valence-corrected chi connectivity index (χ3v) is 3.98. The molecule has 2 rings (SSSR count). The van der Waals surface area contributed by atoms with Crippen LogP contribution in [0.4, 0.5) is 0 Å². The molecule has 0 spiro atoms. The summed E-state index contributed by atoms with van der Waals surface area (Å²) in [7, 11) is 1.63. The molecule has 6 heteroatoms. The van der Waals surface area contributed by atoms with Crippen LogP contribution >= 0.6 is 0 Å². The number of methoxy groups -OCH3 is 1. The van der Waals surface area contributed by atoms with E-state index in [2.05, 4.69) is 5.32 Å². The van der Waals surface area contributed by atoms with Crippen molar-refractivity contribution in [3.63, 3.8) is 0 Å². The Balaban J connectivity index is 1.89. The average molecular weight is 320 g/mol. The molecule has 0 bridgehead atoms. The van der Waals surface area contributed by atoms with Crippen LogP contribution in [0.25, 0.3) is 0 Å². The number of rotatable bonds is 7. The number of hydrogen-bond donors (Lipinski definition) is 2. The first kappa shape index (κ1) is 17.1. The molecule has 2 amide bonds. The van der Waals surface area contributed by atoms with Gasteiger partial charge in [0.2, 0.25) is 0 Å².